The van der Waals surface area contributed by atoms with Crippen molar-refractivity contribution in [1.82, 2.24) is 0 Å². The molecule has 4 heteroatoms. The molecule has 0 saturated carbocycles. The monoisotopic (exact) mass is 212 g/mol. The first-order valence-electron chi connectivity index (χ1n) is 5.44. The minimum absolute atomic E-state index is 0.264. The molecule has 0 bridgehead atoms. The molecule has 0 aliphatic carbocycles. The lowest BCUT2D eigenvalue weighted by Crippen LogP contribution is -2.30. The molecule has 0 N–H and O–H groups in total. The van der Waals surface area contributed by atoms with Crippen molar-refractivity contribution in [2.45, 2.75) is 64.5 Å². The highest BCUT2D eigenvalue weighted by Gasteiger charge is 2.35. The zero-order valence-corrected chi connectivity index (χ0v) is 11.0. The van der Waals surface area contributed by atoms with E-state index in [1.165, 1.54) is 12.8 Å². The molecular weight excluding hydrogens is 190 g/mol. The molecule has 0 rings (SSSR count). The minimum atomic E-state index is -0.955. The molecule has 81 valence electrons. The lowest BCUT2D eigenvalue weighted by atomic mass is 10.0. The quantitative estimate of drug-likeness (QED) is 0.266. The fourth-order valence-corrected chi connectivity index (χ4v) is 4.85. The van der Waals surface area contributed by atoms with Gasteiger partial charge >= 0.3 is 0 Å². The molecule has 3 nitrogen and oxygen atoms in total. The van der Waals surface area contributed by atoms with Gasteiger partial charge in [-0.2, -0.15) is 0 Å². The minimum Gasteiger partial charge on any atom is -0.126 e. The molecule has 0 saturated heterocycles. The summed E-state index contributed by atoms with van der Waals surface area (Å²) in [6.07, 6.45) is 3.47. The van der Waals surface area contributed by atoms with Gasteiger partial charge < -0.3 is 0 Å². The van der Waals surface area contributed by atoms with E-state index in [9.17, 15) is 0 Å². The number of nitrogens with zero attached hydrogens (tertiary/aromatic N) is 3. The molecule has 14 heavy (non-hydrogen) atoms. The van der Waals surface area contributed by atoms with Crippen LogP contribution in [0.5, 0.6) is 0 Å². The van der Waals surface area contributed by atoms with E-state index in [1.54, 1.807) is 0 Å². The first-order chi connectivity index (χ1) is 6.51. The van der Waals surface area contributed by atoms with Gasteiger partial charge in [0.25, 0.3) is 0 Å². The van der Waals surface area contributed by atoms with Crippen LogP contribution in [0.2, 0.25) is 10.6 Å². The third kappa shape index (κ3) is 3.35. The zero-order chi connectivity index (χ0) is 11.2. The lowest BCUT2D eigenvalue weighted by molar-refractivity contribution is 0.509. The van der Waals surface area contributed by atoms with Crippen LogP contribution >= 0.6 is 0 Å². The van der Waals surface area contributed by atoms with Gasteiger partial charge in [0, 0.05) is 0 Å². The van der Waals surface area contributed by atoms with Crippen LogP contribution in [0.3, 0.4) is 0 Å². The number of azide groups is 1. The summed E-state index contributed by atoms with van der Waals surface area (Å²) >= 11 is 0. The van der Waals surface area contributed by atoms with E-state index in [2.05, 4.69) is 44.3 Å². The van der Waals surface area contributed by atoms with Crippen LogP contribution in [0.15, 0.2) is 4.78 Å². The highest BCUT2D eigenvalue weighted by Crippen LogP contribution is 2.43. The van der Waals surface area contributed by atoms with Gasteiger partial charge in [-0.3, -0.25) is 0 Å². The summed E-state index contributed by atoms with van der Waals surface area (Å²) < 4.78 is 4.07. The average molecular weight is 212 g/mol. The van der Waals surface area contributed by atoms with Crippen molar-refractivity contribution in [3.8, 4) is 0 Å². The van der Waals surface area contributed by atoms with Crippen molar-refractivity contribution in [3.05, 3.63) is 10.4 Å². The maximum atomic E-state index is 8.60. The van der Waals surface area contributed by atoms with Crippen molar-refractivity contribution in [2.75, 3.05) is 0 Å². The molecule has 1 radical (unpaired) electrons. The van der Waals surface area contributed by atoms with Gasteiger partial charge in [0.1, 0.15) is 0 Å². The first kappa shape index (κ1) is 13.5. The van der Waals surface area contributed by atoms with Crippen LogP contribution in [-0.2, 0) is 0 Å². The topological polar surface area (TPSA) is 48.8 Å². The summed E-state index contributed by atoms with van der Waals surface area (Å²) in [4.78, 5) is 3.02. The standard InChI is InChI=1S/C10H22N3Si/c1-6-8-10(5,7-2)14(9(3)4)13-12-11/h9H,6-8H2,1-5H3. The second kappa shape index (κ2) is 6.09. The van der Waals surface area contributed by atoms with Gasteiger partial charge in [-0.15, -0.1) is 4.78 Å². The molecule has 0 aromatic carbocycles. The van der Waals surface area contributed by atoms with Crippen molar-refractivity contribution >= 4 is 8.96 Å². The van der Waals surface area contributed by atoms with Crippen LogP contribution in [-0.4, -0.2) is 8.96 Å². The number of hydrogen-bond donors (Lipinski definition) is 0. The second-order valence-corrected chi connectivity index (χ2v) is 7.73. The van der Waals surface area contributed by atoms with Gasteiger partial charge in [-0.05, 0) is 21.0 Å². The smallest absolute Gasteiger partial charge is 0.126 e. The molecule has 0 amide bonds. The Morgan fingerprint density at radius 3 is 2.29 bits per heavy atom. The third-order valence-electron chi connectivity index (χ3n) is 2.90. The molecule has 0 fully saturated rings. The van der Waals surface area contributed by atoms with E-state index in [4.69, 9.17) is 5.53 Å². The van der Waals surface area contributed by atoms with E-state index < -0.39 is 8.96 Å². The third-order valence-corrected chi connectivity index (χ3v) is 6.14. The molecular formula is C10H22N3Si. The number of rotatable bonds is 6. The Hall–Kier alpha value is -0.473. The fourth-order valence-electron chi connectivity index (χ4n) is 2.02. The Bertz CT molecular complexity index is 211. The molecule has 0 aliphatic heterocycles. The molecule has 0 spiro atoms. The van der Waals surface area contributed by atoms with Crippen LogP contribution < -0.4 is 0 Å². The summed E-state index contributed by atoms with van der Waals surface area (Å²) in [6.45, 7) is 11.0. The maximum Gasteiger partial charge on any atom is 0.164 e. The molecule has 0 heterocycles. The average Bonchev–Trinajstić information content (AvgIpc) is 2.14. The predicted octanol–water partition coefficient (Wildman–Crippen LogP) is 4.67. The SMILES string of the molecule is CCCC(C)(CC)[Si](N=[N+]=[N-])C(C)C. The fraction of sp³-hybridized carbons (Fsp3) is 1.00. The van der Waals surface area contributed by atoms with Gasteiger partial charge in [-0.25, -0.2) is 0 Å². The van der Waals surface area contributed by atoms with Crippen LogP contribution in [0.1, 0.15) is 53.9 Å². The van der Waals surface area contributed by atoms with Crippen molar-refractivity contribution in [1.29, 1.82) is 0 Å². The predicted molar refractivity (Wildman–Crippen MR) is 63.6 cm³/mol. The van der Waals surface area contributed by atoms with Crippen LogP contribution in [0, 0.1) is 0 Å². The van der Waals surface area contributed by atoms with E-state index >= 15 is 0 Å². The summed E-state index contributed by atoms with van der Waals surface area (Å²) in [5, 5.41) is 0.264. The van der Waals surface area contributed by atoms with Crippen LogP contribution in [0.4, 0.5) is 0 Å². The summed E-state index contributed by atoms with van der Waals surface area (Å²) in [6, 6.07) is 0. The maximum absolute atomic E-state index is 8.60. The normalized spacial score (nSPS) is 15.4. The van der Waals surface area contributed by atoms with E-state index in [0.717, 1.165) is 6.42 Å². The van der Waals surface area contributed by atoms with Gasteiger partial charge in [0.2, 0.25) is 0 Å². The largest absolute Gasteiger partial charge is 0.164 e. The molecule has 0 aromatic rings. The Kier molecular flexibility index (Phi) is 5.89. The summed E-state index contributed by atoms with van der Waals surface area (Å²) in [5.41, 5.74) is 9.12. The highest BCUT2D eigenvalue weighted by molar-refractivity contribution is 6.61. The molecule has 1 atom stereocenters. The van der Waals surface area contributed by atoms with E-state index in [1.807, 2.05) is 0 Å². The van der Waals surface area contributed by atoms with Gasteiger partial charge in [0.05, 0.1) is 0 Å². The second-order valence-electron chi connectivity index (χ2n) is 4.39. The van der Waals surface area contributed by atoms with Crippen LogP contribution in [0.25, 0.3) is 10.4 Å². The Morgan fingerprint density at radius 1 is 1.43 bits per heavy atom. The molecule has 0 aliphatic rings. The zero-order valence-electron chi connectivity index (χ0n) is 10.0. The highest BCUT2D eigenvalue weighted by atomic mass is 28.3. The molecule has 1 unspecified atom stereocenters. The Labute approximate surface area is 89.2 Å². The molecule has 0 aromatic heterocycles. The van der Waals surface area contributed by atoms with Crippen molar-refractivity contribution in [3.63, 3.8) is 0 Å². The summed E-state index contributed by atoms with van der Waals surface area (Å²) in [5.74, 6) is 0. The first-order valence-corrected chi connectivity index (χ1v) is 6.96. The van der Waals surface area contributed by atoms with Crippen molar-refractivity contribution < 1.29 is 0 Å². The lowest BCUT2D eigenvalue weighted by Gasteiger charge is -2.35. The van der Waals surface area contributed by atoms with E-state index in [-0.39, 0.29) is 5.04 Å². The van der Waals surface area contributed by atoms with Crippen molar-refractivity contribution in [2.24, 2.45) is 4.78 Å². The summed E-state index contributed by atoms with van der Waals surface area (Å²) in [7, 11) is -0.955. The Balaban J connectivity index is 4.81. The van der Waals surface area contributed by atoms with E-state index in [0.29, 0.717) is 5.54 Å². The Morgan fingerprint density at radius 2 is 2.00 bits per heavy atom. The van der Waals surface area contributed by atoms with Gasteiger partial charge in [0.15, 0.2) is 8.96 Å². The van der Waals surface area contributed by atoms with Gasteiger partial charge in [-0.1, -0.05) is 53.9 Å². The number of hydrogen-bond acceptors (Lipinski definition) is 1.